The maximum atomic E-state index is 9.47. The number of benzene rings is 2. The minimum atomic E-state index is 0. The van der Waals surface area contributed by atoms with E-state index in [1.807, 2.05) is 36.4 Å². The van der Waals surface area contributed by atoms with E-state index in [9.17, 15) is 10.2 Å². The van der Waals surface area contributed by atoms with Crippen LogP contribution in [0.25, 0.3) is 0 Å². The molecule has 0 saturated heterocycles. The smallest absolute Gasteiger partial charge is 0.118 e. The summed E-state index contributed by atoms with van der Waals surface area (Å²) >= 11 is 0. The Morgan fingerprint density at radius 3 is 1.21 bits per heavy atom. The van der Waals surface area contributed by atoms with Crippen LogP contribution in [0.2, 0.25) is 0 Å². The fourth-order valence-electron chi connectivity index (χ4n) is 2.93. The molecule has 0 aromatic heterocycles. The molecule has 4 nitrogen and oxygen atoms in total. The van der Waals surface area contributed by atoms with Crippen LogP contribution in [0.5, 0.6) is 11.5 Å². The second-order valence-corrected chi connectivity index (χ2v) is 6.88. The molecule has 0 unspecified atom stereocenters. The van der Waals surface area contributed by atoms with Gasteiger partial charge in [-0.05, 0) is 48.9 Å². The van der Waals surface area contributed by atoms with E-state index < -0.39 is 0 Å². The number of hydrogen-bond acceptors (Lipinski definition) is 2. The topological polar surface area (TPSA) is 103 Å². The molecule has 169 valence electrons. The van der Waals surface area contributed by atoms with Gasteiger partial charge in [0.2, 0.25) is 0 Å². The van der Waals surface area contributed by atoms with Gasteiger partial charge in [0.05, 0.1) is 0 Å². The van der Waals surface area contributed by atoms with Gasteiger partial charge in [0, 0.05) is 16.8 Å². The van der Waals surface area contributed by atoms with Crippen LogP contribution in [0.3, 0.4) is 0 Å². The van der Waals surface area contributed by atoms with Crippen LogP contribution in [-0.2, 0) is 29.6 Å². The predicted octanol–water partition coefficient (Wildman–Crippen LogP) is 5.38. The molecule has 0 bridgehead atoms. The zero-order valence-electron chi connectivity index (χ0n) is 17.9. The molecule has 0 amide bonds. The first-order valence-corrected chi connectivity index (χ1v) is 10.2. The molecule has 5 heteroatoms. The molecule has 0 aliphatic rings. The van der Waals surface area contributed by atoms with E-state index in [1.54, 1.807) is 12.1 Å². The number of unbranched alkanes of at least 4 members (excludes halogenated alkanes) is 6. The van der Waals surface area contributed by atoms with Crippen molar-refractivity contribution in [2.45, 2.75) is 78.1 Å². The Morgan fingerprint density at radius 2 is 0.897 bits per heavy atom. The van der Waals surface area contributed by atoms with E-state index in [0.717, 1.165) is 24.0 Å². The van der Waals surface area contributed by atoms with Gasteiger partial charge >= 0.3 is 0 Å². The number of phenolic OH excluding ortho intramolecular Hbond substituents is 2. The van der Waals surface area contributed by atoms with Gasteiger partial charge in [-0.3, -0.25) is 0 Å². The van der Waals surface area contributed by atoms with Gasteiger partial charge < -0.3 is 21.2 Å². The molecule has 0 saturated carbocycles. The van der Waals surface area contributed by atoms with Gasteiger partial charge in [0.1, 0.15) is 11.5 Å². The number of para-hydroxylation sites is 2. The Hall–Kier alpha value is -1.53. The fraction of sp³-hybridized carbons (Fsp3) is 0.500. The van der Waals surface area contributed by atoms with Crippen LogP contribution in [0, 0.1) is 0 Å². The Morgan fingerprint density at radius 1 is 0.552 bits per heavy atom. The van der Waals surface area contributed by atoms with Crippen molar-refractivity contribution in [3.8, 4) is 11.5 Å². The average Bonchev–Trinajstić information content (AvgIpc) is 2.66. The van der Waals surface area contributed by atoms with Crippen LogP contribution < -0.4 is 0 Å². The van der Waals surface area contributed by atoms with Gasteiger partial charge in [-0.2, -0.15) is 0 Å². The summed E-state index contributed by atoms with van der Waals surface area (Å²) in [4.78, 5) is 0. The standard InChI is InChI=1S/2C12H18O.Co.2H2O/c2*1-2-3-4-5-8-11-9-6-7-10-12(11)13;;;/h2*6-7,9-10,13H,2-5,8H2,1H3;;2*1H2. The summed E-state index contributed by atoms with van der Waals surface area (Å²) in [6.45, 7) is 4.42. The molecule has 0 aliphatic carbocycles. The minimum absolute atomic E-state index is 0. The van der Waals surface area contributed by atoms with E-state index in [4.69, 9.17) is 0 Å². The first-order valence-electron chi connectivity index (χ1n) is 10.2. The number of phenols is 2. The molecule has 2 aromatic carbocycles. The largest absolute Gasteiger partial charge is 0.508 e. The van der Waals surface area contributed by atoms with Gasteiger partial charge in [-0.1, -0.05) is 88.8 Å². The molecule has 0 spiro atoms. The van der Waals surface area contributed by atoms with Gasteiger partial charge in [-0.25, -0.2) is 0 Å². The van der Waals surface area contributed by atoms with Crippen molar-refractivity contribution < 1.29 is 37.9 Å². The molecule has 0 atom stereocenters. The predicted molar refractivity (Wildman–Crippen MR) is 119 cm³/mol. The molecule has 1 radical (unpaired) electrons. The summed E-state index contributed by atoms with van der Waals surface area (Å²) in [6.07, 6.45) is 12.1. The average molecular weight is 452 g/mol. The third-order valence-corrected chi connectivity index (χ3v) is 4.58. The third kappa shape index (κ3) is 15.0. The Kier molecular flexibility index (Phi) is 23.5. The van der Waals surface area contributed by atoms with Gasteiger partial charge in [-0.15, -0.1) is 0 Å². The van der Waals surface area contributed by atoms with E-state index in [-0.39, 0.29) is 27.7 Å². The van der Waals surface area contributed by atoms with E-state index in [1.165, 1.54) is 51.4 Å². The molecule has 2 rings (SSSR count). The summed E-state index contributed by atoms with van der Waals surface area (Å²) in [6, 6.07) is 15.2. The zero-order chi connectivity index (χ0) is 19.0. The van der Waals surface area contributed by atoms with Crippen LogP contribution in [0.1, 0.15) is 76.3 Å². The summed E-state index contributed by atoms with van der Waals surface area (Å²) < 4.78 is 0. The number of rotatable bonds is 10. The van der Waals surface area contributed by atoms with Crippen molar-refractivity contribution in [2.75, 3.05) is 0 Å². The third-order valence-electron chi connectivity index (χ3n) is 4.58. The quantitative estimate of drug-likeness (QED) is 0.474. The summed E-state index contributed by atoms with van der Waals surface area (Å²) in [5.74, 6) is 0.887. The van der Waals surface area contributed by atoms with Crippen molar-refractivity contribution in [1.29, 1.82) is 0 Å². The molecule has 0 heterocycles. The number of hydrogen-bond donors (Lipinski definition) is 2. The fourth-order valence-corrected chi connectivity index (χ4v) is 2.93. The molecule has 6 N–H and O–H groups in total. The van der Waals surface area contributed by atoms with Crippen molar-refractivity contribution in [3.63, 3.8) is 0 Å². The summed E-state index contributed by atoms with van der Waals surface area (Å²) in [5, 5.41) is 18.9. The summed E-state index contributed by atoms with van der Waals surface area (Å²) in [7, 11) is 0. The molecule has 2 aromatic rings. The minimum Gasteiger partial charge on any atom is -0.508 e. The zero-order valence-corrected chi connectivity index (χ0v) is 19.0. The van der Waals surface area contributed by atoms with Crippen molar-refractivity contribution >= 4 is 0 Å². The van der Waals surface area contributed by atoms with Crippen LogP contribution in [-0.4, -0.2) is 21.2 Å². The molecular formula is C24H40CoO4. The van der Waals surface area contributed by atoms with E-state index in [0.29, 0.717) is 11.5 Å². The van der Waals surface area contributed by atoms with Crippen LogP contribution in [0.4, 0.5) is 0 Å². The number of aryl methyl sites for hydroxylation is 2. The second-order valence-electron chi connectivity index (χ2n) is 6.88. The number of aromatic hydroxyl groups is 2. The maximum Gasteiger partial charge on any atom is 0.118 e. The van der Waals surface area contributed by atoms with E-state index in [2.05, 4.69) is 13.8 Å². The van der Waals surface area contributed by atoms with Crippen molar-refractivity contribution in [2.24, 2.45) is 0 Å². The van der Waals surface area contributed by atoms with Crippen LogP contribution in [0.15, 0.2) is 48.5 Å². The maximum absolute atomic E-state index is 9.47. The summed E-state index contributed by atoms with van der Waals surface area (Å²) in [5.41, 5.74) is 2.16. The second kappa shape index (κ2) is 21.2. The normalized spacial score (nSPS) is 9.17. The molecule has 0 fully saturated rings. The van der Waals surface area contributed by atoms with Crippen molar-refractivity contribution in [1.82, 2.24) is 0 Å². The molecule has 29 heavy (non-hydrogen) atoms. The van der Waals surface area contributed by atoms with Crippen LogP contribution >= 0.6 is 0 Å². The molecular weight excluding hydrogens is 411 g/mol. The SMILES string of the molecule is CCCCCCc1ccccc1O.CCCCCCc1ccccc1O.O.O.[Co]. The first kappa shape index (κ1) is 32.1. The Balaban J connectivity index is -0.000000422. The molecule has 0 aliphatic heterocycles. The Labute approximate surface area is 187 Å². The monoisotopic (exact) mass is 451 g/mol. The van der Waals surface area contributed by atoms with Gasteiger partial charge in [0.25, 0.3) is 0 Å². The van der Waals surface area contributed by atoms with Crippen molar-refractivity contribution in [3.05, 3.63) is 59.7 Å². The van der Waals surface area contributed by atoms with E-state index >= 15 is 0 Å². The van der Waals surface area contributed by atoms with Gasteiger partial charge in [0.15, 0.2) is 0 Å². The first-order chi connectivity index (χ1) is 12.7. The Bertz CT molecular complexity index is 551.